The Morgan fingerprint density at radius 3 is 2.92 bits per heavy atom. The maximum absolute atomic E-state index is 11.2. The van der Waals surface area contributed by atoms with Crippen molar-refractivity contribution in [1.29, 1.82) is 0 Å². The van der Waals surface area contributed by atoms with Crippen LogP contribution in [0.4, 0.5) is 0 Å². The van der Waals surface area contributed by atoms with E-state index >= 15 is 0 Å². The molecule has 0 aromatic carbocycles. The van der Waals surface area contributed by atoms with E-state index in [0.29, 0.717) is 6.42 Å². The number of carbonyl (C=O) groups excluding carboxylic acids is 1. The normalized spacial score (nSPS) is 17.5. The second-order valence-electron chi connectivity index (χ2n) is 3.54. The minimum absolute atomic E-state index is 0.126. The second-order valence-corrected chi connectivity index (χ2v) is 3.54. The topological polar surface area (TPSA) is 55.1 Å². The molecule has 3 heteroatoms. The van der Waals surface area contributed by atoms with Crippen molar-refractivity contribution in [2.24, 2.45) is 11.7 Å². The van der Waals surface area contributed by atoms with Crippen molar-refractivity contribution in [2.45, 2.75) is 31.7 Å². The van der Waals surface area contributed by atoms with Crippen molar-refractivity contribution in [3.8, 4) is 12.3 Å². The number of carbonyl (C=O) groups is 1. The minimum Gasteiger partial charge on any atom is -0.355 e. The summed E-state index contributed by atoms with van der Waals surface area (Å²) in [6.45, 7) is 0.738. The monoisotopic (exact) mass is 180 g/mol. The molecule has 1 amide bonds. The third-order valence-corrected chi connectivity index (χ3v) is 2.22. The van der Waals surface area contributed by atoms with Crippen LogP contribution >= 0.6 is 0 Å². The molecular weight excluding hydrogens is 164 g/mol. The van der Waals surface area contributed by atoms with E-state index < -0.39 is 6.04 Å². The summed E-state index contributed by atoms with van der Waals surface area (Å²) in [6.07, 6.45) is 9.06. The number of terminal acetylenes is 1. The molecule has 0 spiro atoms. The zero-order valence-electron chi connectivity index (χ0n) is 7.75. The fourth-order valence-corrected chi connectivity index (χ4v) is 1.16. The molecule has 0 bridgehead atoms. The van der Waals surface area contributed by atoms with Crippen LogP contribution in [-0.2, 0) is 4.79 Å². The summed E-state index contributed by atoms with van der Waals surface area (Å²) in [6, 6.07) is -0.538. The van der Waals surface area contributed by atoms with Crippen molar-refractivity contribution >= 4 is 5.91 Å². The third kappa shape index (κ3) is 3.95. The first-order valence-corrected chi connectivity index (χ1v) is 4.70. The molecule has 1 atom stereocenters. The highest BCUT2D eigenvalue weighted by Gasteiger charge is 2.21. The number of amides is 1. The molecule has 72 valence electrons. The van der Waals surface area contributed by atoms with Crippen LogP contribution in [0.25, 0.3) is 0 Å². The van der Waals surface area contributed by atoms with Gasteiger partial charge >= 0.3 is 0 Å². The highest BCUT2D eigenvalue weighted by atomic mass is 16.2. The second kappa shape index (κ2) is 4.88. The average Bonchev–Trinajstić information content (AvgIpc) is 2.88. The third-order valence-electron chi connectivity index (χ3n) is 2.22. The predicted octanol–water partition coefficient (Wildman–Crippen LogP) is 0.253. The zero-order chi connectivity index (χ0) is 9.68. The molecule has 3 nitrogen and oxygen atoms in total. The van der Waals surface area contributed by atoms with Gasteiger partial charge in [0.25, 0.3) is 0 Å². The van der Waals surface area contributed by atoms with Crippen LogP contribution in [0.5, 0.6) is 0 Å². The lowest BCUT2D eigenvalue weighted by atomic mass is 10.2. The Balaban J connectivity index is 2.05. The van der Waals surface area contributed by atoms with Crippen LogP contribution in [0.1, 0.15) is 25.7 Å². The maximum atomic E-state index is 11.2. The van der Waals surface area contributed by atoms with Crippen LogP contribution in [0.2, 0.25) is 0 Å². The molecule has 1 rings (SSSR count). The fraction of sp³-hybridized carbons (Fsp3) is 0.700. The highest BCUT2D eigenvalue weighted by Crippen LogP contribution is 2.31. The van der Waals surface area contributed by atoms with Crippen LogP contribution in [0.15, 0.2) is 0 Å². The smallest absolute Gasteiger partial charge is 0.237 e. The standard InChI is InChI=1S/C10H16N2O/c1-2-3-9(11)10(13)12-7-6-8-4-5-8/h1,8-9H,3-7,11H2,(H,12,13). The van der Waals surface area contributed by atoms with Crippen LogP contribution in [0.3, 0.4) is 0 Å². The van der Waals surface area contributed by atoms with E-state index in [-0.39, 0.29) is 5.91 Å². The molecule has 13 heavy (non-hydrogen) atoms. The van der Waals surface area contributed by atoms with Crippen LogP contribution in [0, 0.1) is 18.3 Å². The molecule has 0 aromatic heterocycles. The van der Waals surface area contributed by atoms with Gasteiger partial charge in [-0.05, 0) is 12.3 Å². The fourth-order valence-electron chi connectivity index (χ4n) is 1.16. The highest BCUT2D eigenvalue weighted by molar-refractivity contribution is 5.81. The molecule has 3 N–H and O–H groups in total. The lowest BCUT2D eigenvalue weighted by Crippen LogP contribution is -2.40. The van der Waals surface area contributed by atoms with E-state index in [1.165, 1.54) is 12.8 Å². The first-order chi connectivity index (χ1) is 6.24. The molecule has 0 radical (unpaired) electrons. The first kappa shape index (κ1) is 10.1. The van der Waals surface area contributed by atoms with E-state index in [4.69, 9.17) is 12.2 Å². The molecule has 0 heterocycles. The van der Waals surface area contributed by atoms with Crippen molar-refractivity contribution in [2.75, 3.05) is 6.54 Å². The van der Waals surface area contributed by atoms with E-state index in [2.05, 4.69) is 11.2 Å². The van der Waals surface area contributed by atoms with E-state index in [9.17, 15) is 4.79 Å². The Hall–Kier alpha value is -1.01. The number of nitrogens with two attached hydrogens (primary N) is 1. The molecule has 0 aromatic rings. The van der Waals surface area contributed by atoms with E-state index in [1.807, 2.05) is 0 Å². The van der Waals surface area contributed by atoms with Gasteiger partial charge in [0.05, 0.1) is 6.04 Å². The SMILES string of the molecule is C#CCC(N)C(=O)NCCC1CC1. The molecule has 1 aliphatic rings. The summed E-state index contributed by atoms with van der Waals surface area (Å²) in [5.74, 6) is 3.08. The van der Waals surface area contributed by atoms with Gasteiger partial charge in [-0.3, -0.25) is 4.79 Å². The Bertz CT molecular complexity index is 215. The zero-order valence-corrected chi connectivity index (χ0v) is 7.75. The van der Waals surface area contributed by atoms with Gasteiger partial charge in [-0.1, -0.05) is 12.8 Å². The van der Waals surface area contributed by atoms with E-state index in [0.717, 1.165) is 18.9 Å². The quantitative estimate of drug-likeness (QED) is 0.596. The van der Waals surface area contributed by atoms with Crippen LogP contribution in [-0.4, -0.2) is 18.5 Å². The molecular formula is C10H16N2O. The summed E-state index contributed by atoms with van der Waals surface area (Å²) in [4.78, 5) is 11.2. The Morgan fingerprint density at radius 1 is 1.69 bits per heavy atom. The number of rotatable bonds is 5. The summed E-state index contributed by atoms with van der Waals surface area (Å²) in [5, 5.41) is 2.78. The summed E-state index contributed by atoms with van der Waals surface area (Å²) < 4.78 is 0. The van der Waals surface area contributed by atoms with Gasteiger partial charge in [0.1, 0.15) is 0 Å². The molecule has 1 saturated carbocycles. The number of nitrogens with one attached hydrogen (secondary N) is 1. The first-order valence-electron chi connectivity index (χ1n) is 4.70. The number of hydrogen-bond acceptors (Lipinski definition) is 2. The molecule has 0 aliphatic heterocycles. The lowest BCUT2D eigenvalue weighted by Gasteiger charge is -2.08. The Kier molecular flexibility index (Phi) is 3.78. The Morgan fingerprint density at radius 2 is 2.38 bits per heavy atom. The van der Waals surface area contributed by atoms with Gasteiger partial charge in [-0.2, -0.15) is 0 Å². The largest absolute Gasteiger partial charge is 0.355 e. The van der Waals surface area contributed by atoms with Gasteiger partial charge in [0.15, 0.2) is 0 Å². The van der Waals surface area contributed by atoms with Gasteiger partial charge in [-0.25, -0.2) is 0 Å². The van der Waals surface area contributed by atoms with Gasteiger partial charge in [0.2, 0.25) is 5.91 Å². The maximum Gasteiger partial charge on any atom is 0.237 e. The lowest BCUT2D eigenvalue weighted by molar-refractivity contribution is -0.122. The molecule has 0 saturated heterocycles. The van der Waals surface area contributed by atoms with Crippen molar-refractivity contribution in [3.05, 3.63) is 0 Å². The van der Waals surface area contributed by atoms with Gasteiger partial charge < -0.3 is 11.1 Å². The molecule has 1 fully saturated rings. The predicted molar refractivity (Wildman–Crippen MR) is 51.8 cm³/mol. The van der Waals surface area contributed by atoms with E-state index in [1.54, 1.807) is 0 Å². The molecule has 1 unspecified atom stereocenters. The van der Waals surface area contributed by atoms with Gasteiger partial charge in [0, 0.05) is 13.0 Å². The van der Waals surface area contributed by atoms with Gasteiger partial charge in [-0.15, -0.1) is 12.3 Å². The summed E-state index contributed by atoms with van der Waals surface area (Å²) in [7, 11) is 0. The summed E-state index contributed by atoms with van der Waals surface area (Å²) in [5.41, 5.74) is 5.51. The molecule has 1 aliphatic carbocycles. The Labute approximate surface area is 79.1 Å². The average molecular weight is 180 g/mol. The number of hydrogen-bond donors (Lipinski definition) is 2. The summed E-state index contributed by atoms with van der Waals surface area (Å²) >= 11 is 0. The van der Waals surface area contributed by atoms with Crippen molar-refractivity contribution in [1.82, 2.24) is 5.32 Å². The van der Waals surface area contributed by atoms with Crippen molar-refractivity contribution in [3.63, 3.8) is 0 Å². The van der Waals surface area contributed by atoms with Crippen LogP contribution < -0.4 is 11.1 Å². The van der Waals surface area contributed by atoms with Crippen molar-refractivity contribution < 1.29 is 4.79 Å². The minimum atomic E-state index is -0.538.